The van der Waals surface area contributed by atoms with Gasteiger partial charge in [-0.15, -0.1) is 0 Å². The molecular formula is C15H29NO2. The number of hydrogen-bond acceptors (Lipinski definition) is 3. The van der Waals surface area contributed by atoms with Gasteiger partial charge in [0.15, 0.2) is 0 Å². The molecular weight excluding hydrogens is 226 g/mol. The van der Waals surface area contributed by atoms with E-state index in [1.54, 1.807) is 0 Å². The third kappa shape index (κ3) is 3.94. The topological polar surface area (TPSA) is 41.5 Å². The van der Waals surface area contributed by atoms with Crippen molar-refractivity contribution in [3.63, 3.8) is 0 Å². The zero-order valence-corrected chi connectivity index (χ0v) is 12.0. The molecule has 3 nitrogen and oxygen atoms in total. The van der Waals surface area contributed by atoms with E-state index >= 15 is 0 Å². The molecule has 0 aromatic rings. The van der Waals surface area contributed by atoms with Crippen molar-refractivity contribution in [2.75, 3.05) is 19.8 Å². The summed E-state index contributed by atoms with van der Waals surface area (Å²) in [6.07, 6.45) is 6.79. The van der Waals surface area contributed by atoms with Crippen LogP contribution in [0.4, 0.5) is 0 Å². The van der Waals surface area contributed by atoms with Gasteiger partial charge in [0, 0.05) is 38.6 Å². The Morgan fingerprint density at radius 2 is 1.78 bits per heavy atom. The zero-order valence-electron chi connectivity index (χ0n) is 12.0. The van der Waals surface area contributed by atoms with E-state index in [1.165, 1.54) is 25.7 Å². The predicted octanol–water partition coefficient (Wildman–Crippen LogP) is 2.33. The Bertz CT molecular complexity index is 241. The Morgan fingerprint density at radius 3 is 2.33 bits per heavy atom. The highest BCUT2D eigenvalue weighted by Gasteiger charge is 2.31. The second kappa shape index (κ2) is 6.36. The van der Waals surface area contributed by atoms with Crippen LogP contribution in [0, 0.1) is 11.8 Å². The minimum atomic E-state index is -0.521. The van der Waals surface area contributed by atoms with E-state index in [9.17, 15) is 5.11 Å². The van der Waals surface area contributed by atoms with Gasteiger partial charge in [0.25, 0.3) is 0 Å². The van der Waals surface area contributed by atoms with E-state index in [-0.39, 0.29) is 0 Å². The van der Waals surface area contributed by atoms with Crippen LogP contribution in [0.3, 0.4) is 0 Å². The summed E-state index contributed by atoms with van der Waals surface area (Å²) in [5.41, 5.74) is -0.521. The van der Waals surface area contributed by atoms with Gasteiger partial charge in [-0.25, -0.2) is 0 Å². The molecule has 0 aromatic heterocycles. The minimum absolute atomic E-state index is 0.521. The second-order valence-electron chi connectivity index (χ2n) is 6.57. The second-order valence-corrected chi connectivity index (χ2v) is 6.57. The van der Waals surface area contributed by atoms with Crippen molar-refractivity contribution in [1.29, 1.82) is 0 Å². The van der Waals surface area contributed by atoms with E-state index in [0.29, 0.717) is 19.3 Å². The van der Waals surface area contributed by atoms with Gasteiger partial charge in [-0.05, 0) is 37.5 Å². The largest absolute Gasteiger partial charge is 0.388 e. The molecule has 0 bridgehead atoms. The Hall–Kier alpha value is -0.120. The highest BCUT2D eigenvalue weighted by atomic mass is 16.5. The predicted molar refractivity (Wildman–Crippen MR) is 73.6 cm³/mol. The molecule has 2 aliphatic rings. The molecule has 2 rings (SSSR count). The number of nitrogens with one attached hydrogen (secondary N) is 1. The number of aliphatic hydroxyl groups is 1. The van der Waals surface area contributed by atoms with Crippen LogP contribution in [-0.4, -0.2) is 36.5 Å². The minimum Gasteiger partial charge on any atom is -0.388 e. The first-order valence-electron chi connectivity index (χ1n) is 7.62. The van der Waals surface area contributed by atoms with Gasteiger partial charge in [0.2, 0.25) is 0 Å². The molecule has 2 fully saturated rings. The summed E-state index contributed by atoms with van der Waals surface area (Å²) in [6.45, 7) is 6.83. The van der Waals surface area contributed by atoms with Crippen LogP contribution in [0.15, 0.2) is 0 Å². The molecule has 2 N–H and O–H groups in total. The van der Waals surface area contributed by atoms with E-state index < -0.39 is 5.60 Å². The molecule has 1 heterocycles. The Balaban J connectivity index is 1.68. The lowest BCUT2D eigenvalue weighted by Crippen LogP contribution is -2.48. The van der Waals surface area contributed by atoms with Crippen molar-refractivity contribution in [1.82, 2.24) is 5.32 Å². The van der Waals surface area contributed by atoms with Crippen molar-refractivity contribution in [2.45, 2.75) is 64.0 Å². The molecule has 0 unspecified atom stereocenters. The summed E-state index contributed by atoms with van der Waals surface area (Å²) in [6, 6.07) is 0.617. The quantitative estimate of drug-likeness (QED) is 0.810. The Morgan fingerprint density at radius 1 is 1.17 bits per heavy atom. The van der Waals surface area contributed by atoms with Crippen molar-refractivity contribution in [3.8, 4) is 0 Å². The maximum atomic E-state index is 10.4. The van der Waals surface area contributed by atoms with Gasteiger partial charge >= 0.3 is 0 Å². The van der Waals surface area contributed by atoms with Crippen molar-refractivity contribution >= 4 is 0 Å². The van der Waals surface area contributed by atoms with Gasteiger partial charge in [0.05, 0.1) is 5.60 Å². The summed E-state index contributed by atoms with van der Waals surface area (Å²) in [7, 11) is 0. The molecule has 0 amide bonds. The van der Waals surface area contributed by atoms with Crippen LogP contribution >= 0.6 is 0 Å². The number of rotatable bonds is 4. The lowest BCUT2D eigenvalue weighted by atomic mass is 9.79. The SMILES string of the molecule is CC(C)C1CCC(NCC2(O)CCOCC2)CC1. The fraction of sp³-hybridized carbons (Fsp3) is 1.00. The van der Waals surface area contributed by atoms with Crippen LogP contribution < -0.4 is 5.32 Å². The summed E-state index contributed by atoms with van der Waals surface area (Å²) in [4.78, 5) is 0. The Kier molecular flexibility index (Phi) is 5.05. The molecule has 0 atom stereocenters. The standard InChI is InChI=1S/C15H29NO2/c1-12(2)13-3-5-14(6-4-13)16-11-15(17)7-9-18-10-8-15/h12-14,16-17H,3-11H2,1-2H3. The highest BCUT2D eigenvalue weighted by Crippen LogP contribution is 2.30. The molecule has 1 saturated carbocycles. The first-order valence-corrected chi connectivity index (χ1v) is 7.62. The molecule has 106 valence electrons. The highest BCUT2D eigenvalue weighted by molar-refractivity contribution is 4.86. The number of ether oxygens (including phenoxy) is 1. The molecule has 3 heteroatoms. The van der Waals surface area contributed by atoms with Gasteiger partial charge in [-0.1, -0.05) is 13.8 Å². The fourth-order valence-corrected chi connectivity index (χ4v) is 3.25. The van der Waals surface area contributed by atoms with Gasteiger partial charge < -0.3 is 15.2 Å². The molecule has 1 saturated heterocycles. The van der Waals surface area contributed by atoms with E-state index in [0.717, 1.165) is 31.2 Å². The fourth-order valence-electron chi connectivity index (χ4n) is 3.25. The van der Waals surface area contributed by atoms with Crippen molar-refractivity contribution in [2.24, 2.45) is 11.8 Å². The maximum absolute atomic E-state index is 10.4. The molecule has 0 radical (unpaired) electrons. The summed E-state index contributed by atoms with van der Waals surface area (Å²) >= 11 is 0. The van der Waals surface area contributed by atoms with Crippen LogP contribution in [0.2, 0.25) is 0 Å². The Labute approximate surface area is 111 Å². The first-order chi connectivity index (χ1) is 8.59. The van der Waals surface area contributed by atoms with E-state index in [4.69, 9.17) is 4.74 Å². The molecule has 18 heavy (non-hydrogen) atoms. The maximum Gasteiger partial charge on any atom is 0.0815 e. The zero-order chi connectivity index (χ0) is 13.0. The lowest BCUT2D eigenvalue weighted by Gasteiger charge is -2.36. The van der Waals surface area contributed by atoms with Crippen LogP contribution in [0.1, 0.15) is 52.4 Å². The molecule has 1 aliphatic carbocycles. The van der Waals surface area contributed by atoms with E-state index in [2.05, 4.69) is 19.2 Å². The van der Waals surface area contributed by atoms with E-state index in [1.807, 2.05) is 0 Å². The average molecular weight is 255 g/mol. The molecule has 0 aromatic carbocycles. The molecule has 1 aliphatic heterocycles. The summed E-state index contributed by atoms with van der Waals surface area (Å²) in [5.74, 6) is 1.74. The van der Waals surface area contributed by atoms with Crippen LogP contribution in [-0.2, 0) is 4.74 Å². The first kappa shape index (κ1) is 14.3. The van der Waals surface area contributed by atoms with Gasteiger partial charge in [0.1, 0.15) is 0 Å². The van der Waals surface area contributed by atoms with Crippen LogP contribution in [0.25, 0.3) is 0 Å². The monoisotopic (exact) mass is 255 g/mol. The lowest BCUT2D eigenvalue weighted by molar-refractivity contribution is -0.0634. The average Bonchev–Trinajstić information content (AvgIpc) is 2.38. The normalized spacial score (nSPS) is 32.7. The number of hydrogen-bond donors (Lipinski definition) is 2. The third-order valence-electron chi connectivity index (χ3n) is 4.86. The third-order valence-corrected chi connectivity index (χ3v) is 4.86. The summed E-state index contributed by atoms with van der Waals surface area (Å²) in [5, 5.41) is 14.0. The van der Waals surface area contributed by atoms with Gasteiger partial charge in [-0.3, -0.25) is 0 Å². The summed E-state index contributed by atoms with van der Waals surface area (Å²) < 4.78 is 5.31. The van der Waals surface area contributed by atoms with Gasteiger partial charge in [-0.2, -0.15) is 0 Å². The smallest absolute Gasteiger partial charge is 0.0815 e. The van der Waals surface area contributed by atoms with Crippen LogP contribution in [0.5, 0.6) is 0 Å². The molecule has 0 spiro atoms. The van der Waals surface area contributed by atoms with Crippen molar-refractivity contribution in [3.05, 3.63) is 0 Å². The van der Waals surface area contributed by atoms with Crippen molar-refractivity contribution < 1.29 is 9.84 Å².